The van der Waals surface area contributed by atoms with Gasteiger partial charge in [-0.3, -0.25) is 9.59 Å². The number of carbonyl (C=O) groups is 2. The fraction of sp³-hybridized carbons (Fsp3) is 0.417. The Hall–Kier alpha value is -2.82. The van der Waals surface area contributed by atoms with E-state index in [9.17, 15) is 9.59 Å². The molecular weight excluding hydrogens is 364 g/mol. The summed E-state index contributed by atoms with van der Waals surface area (Å²) in [4.78, 5) is 26.6. The van der Waals surface area contributed by atoms with E-state index in [1.54, 1.807) is 4.90 Å². The summed E-state index contributed by atoms with van der Waals surface area (Å²) in [6, 6.07) is 15.9. The van der Waals surface area contributed by atoms with Crippen LogP contribution in [0.2, 0.25) is 0 Å². The van der Waals surface area contributed by atoms with E-state index < -0.39 is 0 Å². The van der Waals surface area contributed by atoms with Crippen molar-refractivity contribution < 1.29 is 14.3 Å². The Morgan fingerprint density at radius 3 is 2.59 bits per heavy atom. The number of benzene rings is 2. The van der Waals surface area contributed by atoms with Crippen molar-refractivity contribution in [3.63, 3.8) is 0 Å². The van der Waals surface area contributed by atoms with Crippen molar-refractivity contribution >= 4 is 17.5 Å². The number of hydrogen-bond acceptors (Lipinski definition) is 3. The van der Waals surface area contributed by atoms with Gasteiger partial charge >= 0.3 is 0 Å². The summed E-state index contributed by atoms with van der Waals surface area (Å²) in [5.74, 6) is 0.645. The second-order valence-corrected chi connectivity index (χ2v) is 8.57. The number of nitrogens with zero attached hydrogens (tertiary/aromatic N) is 1. The summed E-state index contributed by atoms with van der Waals surface area (Å²) in [5.41, 5.74) is 3.00. The fourth-order valence-corrected chi connectivity index (χ4v) is 3.45. The van der Waals surface area contributed by atoms with Gasteiger partial charge in [0.1, 0.15) is 5.75 Å². The molecule has 2 amide bonds. The Labute approximate surface area is 173 Å². The topological polar surface area (TPSA) is 58.6 Å². The van der Waals surface area contributed by atoms with E-state index in [-0.39, 0.29) is 29.9 Å². The number of fused-ring (bicyclic) bond motifs is 1. The van der Waals surface area contributed by atoms with Crippen LogP contribution in [0.5, 0.6) is 5.75 Å². The largest absolute Gasteiger partial charge is 0.482 e. The second-order valence-electron chi connectivity index (χ2n) is 8.57. The van der Waals surface area contributed by atoms with Crippen molar-refractivity contribution in [2.75, 3.05) is 18.1 Å². The molecule has 1 aliphatic rings. The van der Waals surface area contributed by atoms with Crippen LogP contribution in [0.1, 0.15) is 57.7 Å². The zero-order chi connectivity index (χ0) is 21.0. The van der Waals surface area contributed by atoms with Crippen molar-refractivity contribution in [3.05, 3.63) is 59.7 Å². The van der Waals surface area contributed by atoms with Gasteiger partial charge in [-0.2, -0.15) is 0 Å². The Balaban J connectivity index is 1.61. The van der Waals surface area contributed by atoms with Gasteiger partial charge in [-0.1, -0.05) is 57.2 Å². The molecule has 29 heavy (non-hydrogen) atoms. The first-order valence-corrected chi connectivity index (χ1v) is 10.2. The third-order valence-electron chi connectivity index (χ3n) is 5.23. The summed E-state index contributed by atoms with van der Waals surface area (Å²) < 4.78 is 5.59. The van der Waals surface area contributed by atoms with Crippen LogP contribution in [-0.2, 0) is 15.0 Å². The highest BCUT2D eigenvalue weighted by atomic mass is 16.5. The smallest absolute Gasteiger partial charge is 0.265 e. The average Bonchev–Trinajstić information content (AvgIpc) is 2.69. The van der Waals surface area contributed by atoms with Gasteiger partial charge in [0.05, 0.1) is 11.7 Å². The molecule has 154 valence electrons. The second kappa shape index (κ2) is 8.68. The van der Waals surface area contributed by atoms with E-state index in [0.29, 0.717) is 19.4 Å². The Bertz CT molecular complexity index is 871. The van der Waals surface area contributed by atoms with E-state index in [2.05, 4.69) is 26.1 Å². The van der Waals surface area contributed by atoms with Gasteiger partial charge in [0.25, 0.3) is 5.91 Å². The molecule has 2 aromatic carbocycles. The average molecular weight is 395 g/mol. The maximum Gasteiger partial charge on any atom is 0.265 e. The molecular formula is C24H30N2O3. The van der Waals surface area contributed by atoms with Crippen LogP contribution in [0.25, 0.3) is 0 Å². The van der Waals surface area contributed by atoms with Gasteiger partial charge in [-0.15, -0.1) is 0 Å². The summed E-state index contributed by atoms with van der Waals surface area (Å²) in [6.45, 7) is 8.94. The van der Waals surface area contributed by atoms with E-state index in [1.165, 1.54) is 0 Å². The van der Waals surface area contributed by atoms with Gasteiger partial charge in [-0.05, 0) is 42.0 Å². The molecule has 1 heterocycles. The molecule has 0 saturated heterocycles. The molecule has 5 heteroatoms. The van der Waals surface area contributed by atoms with Gasteiger partial charge in [0, 0.05) is 13.0 Å². The normalized spacial score (nSPS) is 14.8. The molecule has 1 N–H and O–H groups in total. The lowest BCUT2D eigenvalue weighted by Crippen LogP contribution is -2.40. The molecule has 0 bridgehead atoms. The molecule has 0 aromatic heterocycles. The predicted molar refractivity (Wildman–Crippen MR) is 115 cm³/mol. The number of ether oxygens (including phenoxy) is 1. The molecule has 0 radical (unpaired) electrons. The van der Waals surface area contributed by atoms with Crippen LogP contribution in [0.3, 0.4) is 0 Å². The van der Waals surface area contributed by atoms with Crippen LogP contribution in [-0.4, -0.2) is 25.0 Å². The third-order valence-corrected chi connectivity index (χ3v) is 5.23. The Morgan fingerprint density at radius 1 is 1.17 bits per heavy atom. The number of amides is 2. The quantitative estimate of drug-likeness (QED) is 0.792. The minimum atomic E-state index is -0.0679. The third kappa shape index (κ3) is 5.17. The van der Waals surface area contributed by atoms with E-state index in [4.69, 9.17) is 4.74 Å². The van der Waals surface area contributed by atoms with Crippen LogP contribution in [0, 0.1) is 0 Å². The first-order chi connectivity index (χ1) is 13.8. The summed E-state index contributed by atoms with van der Waals surface area (Å²) in [6.07, 6.45) is 0.967. The number of carbonyl (C=O) groups excluding carboxylic acids is 2. The molecule has 0 saturated carbocycles. The predicted octanol–water partition coefficient (Wildman–Crippen LogP) is 4.37. The molecule has 0 unspecified atom stereocenters. The fourth-order valence-electron chi connectivity index (χ4n) is 3.45. The lowest BCUT2D eigenvalue weighted by molar-refractivity contribution is -0.123. The Morgan fingerprint density at radius 2 is 1.90 bits per heavy atom. The van der Waals surface area contributed by atoms with Crippen molar-refractivity contribution in [2.24, 2.45) is 0 Å². The van der Waals surface area contributed by atoms with Crippen LogP contribution in [0.15, 0.2) is 48.5 Å². The minimum absolute atomic E-state index is 0.00859. The first-order valence-electron chi connectivity index (χ1n) is 10.2. The standard InChI is InChI=1S/C24H30N2O3/c1-17(18-9-6-5-7-10-18)25-22(27)11-8-14-26-20-15-19(24(2,3)4)12-13-21(20)29-16-23(26)28/h5-7,9-10,12-13,15,17H,8,11,14,16H2,1-4H3,(H,25,27)/t17-/m0/s1. The molecule has 5 nitrogen and oxygen atoms in total. The maximum atomic E-state index is 12.5. The van der Waals surface area contributed by atoms with Gasteiger partial charge in [0.2, 0.25) is 5.91 Å². The van der Waals surface area contributed by atoms with Crippen LogP contribution < -0.4 is 15.0 Å². The highest BCUT2D eigenvalue weighted by molar-refractivity contribution is 5.98. The SMILES string of the molecule is C[C@H](NC(=O)CCCN1C(=O)COc2ccc(C(C)(C)C)cc21)c1ccccc1. The maximum absolute atomic E-state index is 12.5. The highest BCUT2D eigenvalue weighted by Gasteiger charge is 2.27. The molecule has 0 spiro atoms. The molecule has 3 rings (SSSR count). The minimum Gasteiger partial charge on any atom is -0.482 e. The van der Waals surface area contributed by atoms with Crippen molar-refractivity contribution in [1.82, 2.24) is 5.32 Å². The zero-order valence-electron chi connectivity index (χ0n) is 17.7. The summed E-state index contributed by atoms with van der Waals surface area (Å²) >= 11 is 0. The number of rotatable bonds is 6. The van der Waals surface area contributed by atoms with E-state index in [0.717, 1.165) is 22.6 Å². The summed E-state index contributed by atoms with van der Waals surface area (Å²) in [7, 11) is 0. The lowest BCUT2D eigenvalue weighted by Gasteiger charge is -2.31. The number of nitrogens with one attached hydrogen (secondary N) is 1. The van der Waals surface area contributed by atoms with Gasteiger partial charge < -0.3 is 15.0 Å². The first kappa shape index (κ1) is 20.9. The Kier molecular flexibility index (Phi) is 6.26. The summed E-state index contributed by atoms with van der Waals surface area (Å²) in [5, 5.41) is 3.03. The molecule has 1 aliphatic heterocycles. The molecule has 0 fully saturated rings. The highest BCUT2D eigenvalue weighted by Crippen LogP contribution is 2.36. The van der Waals surface area contributed by atoms with Gasteiger partial charge in [0.15, 0.2) is 6.61 Å². The van der Waals surface area contributed by atoms with Crippen LogP contribution in [0.4, 0.5) is 5.69 Å². The molecule has 0 aliphatic carbocycles. The van der Waals surface area contributed by atoms with Crippen molar-refractivity contribution in [1.29, 1.82) is 0 Å². The molecule has 1 atom stereocenters. The number of anilines is 1. The zero-order valence-corrected chi connectivity index (χ0v) is 17.7. The van der Waals surface area contributed by atoms with Crippen molar-refractivity contribution in [3.8, 4) is 5.75 Å². The van der Waals surface area contributed by atoms with Crippen LogP contribution >= 0.6 is 0 Å². The van der Waals surface area contributed by atoms with Crippen molar-refractivity contribution in [2.45, 2.75) is 52.0 Å². The number of hydrogen-bond donors (Lipinski definition) is 1. The molecule has 2 aromatic rings. The van der Waals surface area contributed by atoms with E-state index >= 15 is 0 Å². The lowest BCUT2D eigenvalue weighted by atomic mass is 9.86. The monoisotopic (exact) mass is 394 g/mol. The van der Waals surface area contributed by atoms with Gasteiger partial charge in [-0.25, -0.2) is 0 Å². The van der Waals surface area contributed by atoms with E-state index in [1.807, 2.05) is 55.5 Å².